The highest BCUT2D eigenvalue weighted by Crippen LogP contribution is 2.34. The first-order valence-electron chi connectivity index (χ1n) is 7.37. The molecule has 0 amide bonds. The maximum Gasteiger partial charge on any atom is 0.186 e. The fourth-order valence-electron chi connectivity index (χ4n) is 2.97. The van der Waals surface area contributed by atoms with Crippen molar-refractivity contribution in [2.45, 2.75) is 37.5 Å². The van der Waals surface area contributed by atoms with E-state index in [4.69, 9.17) is 0 Å². The molecule has 4 nitrogen and oxygen atoms in total. The van der Waals surface area contributed by atoms with Crippen LogP contribution in [0.2, 0.25) is 0 Å². The van der Waals surface area contributed by atoms with Gasteiger partial charge in [0.2, 0.25) is 0 Å². The van der Waals surface area contributed by atoms with Gasteiger partial charge in [-0.1, -0.05) is 31.5 Å². The molecule has 1 aromatic heterocycles. The van der Waals surface area contributed by atoms with Crippen LogP contribution in [0.4, 0.5) is 5.69 Å². The average Bonchev–Trinajstić information content (AvgIpc) is 2.95. The maximum absolute atomic E-state index is 9.32. The summed E-state index contributed by atoms with van der Waals surface area (Å²) in [5.74, 6) is 1.13. The molecule has 21 heavy (non-hydrogen) atoms. The van der Waals surface area contributed by atoms with Gasteiger partial charge in [0.1, 0.15) is 6.07 Å². The van der Waals surface area contributed by atoms with E-state index in [9.17, 15) is 5.26 Å². The minimum Gasteiger partial charge on any atom is -0.378 e. The standard InChI is InChI=1S/C16H18N4S/c1-2-21-15-9-5-8-13(15)18-16-11-6-3-4-7-12(11)19-20-14(16)10-17/h3-4,6-7,13,15H,2,5,8-9H2,1H3,(H,18,19). The van der Waals surface area contributed by atoms with Gasteiger partial charge in [0.05, 0.1) is 11.2 Å². The molecule has 1 fully saturated rings. The molecule has 0 aliphatic heterocycles. The molecule has 1 aliphatic carbocycles. The third kappa shape index (κ3) is 2.81. The van der Waals surface area contributed by atoms with Crippen molar-refractivity contribution in [2.24, 2.45) is 0 Å². The number of nitriles is 1. The molecular formula is C16H18N4S. The Balaban J connectivity index is 1.97. The second kappa shape index (κ2) is 6.31. The van der Waals surface area contributed by atoms with Crippen molar-refractivity contribution < 1.29 is 0 Å². The Labute approximate surface area is 129 Å². The van der Waals surface area contributed by atoms with E-state index in [1.807, 2.05) is 36.0 Å². The molecule has 1 N–H and O–H groups in total. The van der Waals surface area contributed by atoms with Gasteiger partial charge in [0, 0.05) is 16.7 Å². The molecule has 108 valence electrons. The highest BCUT2D eigenvalue weighted by atomic mass is 32.2. The summed E-state index contributed by atoms with van der Waals surface area (Å²) in [6, 6.07) is 10.4. The van der Waals surface area contributed by atoms with Gasteiger partial charge in [0.25, 0.3) is 0 Å². The fourth-order valence-corrected chi connectivity index (χ4v) is 4.17. The Kier molecular flexibility index (Phi) is 4.26. The summed E-state index contributed by atoms with van der Waals surface area (Å²) < 4.78 is 0. The van der Waals surface area contributed by atoms with Gasteiger partial charge < -0.3 is 5.32 Å². The van der Waals surface area contributed by atoms with Crippen LogP contribution in [0.1, 0.15) is 31.9 Å². The minimum absolute atomic E-state index is 0.390. The first-order chi connectivity index (χ1) is 10.3. The number of hydrogen-bond acceptors (Lipinski definition) is 5. The summed E-state index contributed by atoms with van der Waals surface area (Å²) in [6.45, 7) is 2.20. The van der Waals surface area contributed by atoms with Crippen molar-refractivity contribution in [3.63, 3.8) is 0 Å². The van der Waals surface area contributed by atoms with E-state index in [0.717, 1.165) is 28.8 Å². The highest BCUT2D eigenvalue weighted by molar-refractivity contribution is 7.99. The normalized spacial score (nSPS) is 21.3. The lowest BCUT2D eigenvalue weighted by molar-refractivity contribution is 0.767. The molecule has 1 saturated carbocycles. The predicted octanol–water partition coefficient (Wildman–Crippen LogP) is 3.59. The lowest BCUT2D eigenvalue weighted by atomic mass is 10.1. The first-order valence-corrected chi connectivity index (χ1v) is 8.42. The molecule has 2 atom stereocenters. The number of rotatable bonds is 4. The van der Waals surface area contributed by atoms with Crippen LogP contribution >= 0.6 is 11.8 Å². The summed E-state index contributed by atoms with van der Waals surface area (Å²) in [5.41, 5.74) is 2.06. The van der Waals surface area contributed by atoms with Crippen LogP contribution in [-0.2, 0) is 0 Å². The quantitative estimate of drug-likeness (QED) is 0.934. The van der Waals surface area contributed by atoms with E-state index in [-0.39, 0.29) is 0 Å². The van der Waals surface area contributed by atoms with Crippen LogP contribution in [0.25, 0.3) is 10.9 Å². The van der Waals surface area contributed by atoms with Crippen molar-refractivity contribution >= 4 is 28.4 Å². The molecule has 2 aromatic rings. The van der Waals surface area contributed by atoms with Crippen molar-refractivity contribution in [2.75, 3.05) is 11.1 Å². The zero-order valence-electron chi connectivity index (χ0n) is 12.0. The molecular weight excluding hydrogens is 280 g/mol. The maximum atomic E-state index is 9.32. The second-order valence-electron chi connectivity index (χ2n) is 5.23. The number of fused-ring (bicyclic) bond motifs is 1. The van der Waals surface area contributed by atoms with Gasteiger partial charge in [-0.15, -0.1) is 10.2 Å². The first kappa shape index (κ1) is 14.2. The zero-order valence-corrected chi connectivity index (χ0v) is 12.9. The van der Waals surface area contributed by atoms with Crippen LogP contribution in [0, 0.1) is 11.3 Å². The zero-order chi connectivity index (χ0) is 14.7. The Bertz CT molecular complexity index is 680. The minimum atomic E-state index is 0.390. The Hall–Kier alpha value is -1.80. The Morgan fingerprint density at radius 3 is 3.00 bits per heavy atom. The van der Waals surface area contributed by atoms with Gasteiger partial charge in [0.15, 0.2) is 5.69 Å². The van der Waals surface area contributed by atoms with E-state index >= 15 is 0 Å². The Morgan fingerprint density at radius 2 is 2.19 bits per heavy atom. The van der Waals surface area contributed by atoms with E-state index < -0.39 is 0 Å². The van der Waals surface area contributed by atoms with Crippen LogP contribution in [0.15, 0.2) is 24.3 Å². The molecule has 2 unspecified atom stereocenters. The van der Waals surface area contributed by atoms with Gasteiger partial charge in [-0.25, -0.2) is 0 Å². The molecule has 0 bridgehead atoms. The number of hydrogen-bond donors (Lipinski definition) is 1. The smallest absolute Gasteiger partial charge is 0.186 e. The van der Waals surface area contributed by atoms with Crippen molar-refractivity contribution in [1.29, 1.82) is 5.26 Å². The van der Waals surface area contributed by atoms with Crippen LogP contribution in [0.5, 0.6) is 0 Å². The van der Waals surface area contributed by atoms with Gasteiger partial charge in [-0.2, -0.15) is 17.0 Å². The monoisotopic (exact) mass is 298 g/mol. The SMILES string of the molecule is CCSC1CCCC1Nc1c(C#N)nnc2ccccc12. The Morgan fingerprint density at radius 1 is 1.33 bits per heavy atom. The van der Waals surface area contributed by atoms with Crippen LogP contribution in [-0.4, -0.2) is 27.2 Å². The summed E-state index contributed by atoms with van der Waals surface area (Å²) in [7, 11) is 0. The topological polar surface area (TPSA) is 61.6 Å². The average molecular weight is 298 g/mol. The van der Waals surface area contributed by atoms with Crippen molar-refractivity contribution in [3.8, 4) is 6.07 Å². The van der Waals surface area contributed by atoms with Crippen molar-refractivity contribution in [3.05, 3.63) is 30.0 Å². The molecule has 1 aromatic carbocycles. The molecule has 3 rings (SSSR count). The number of nitrogens with one attached hydrogen (secondary N) is 1. The predicted molar refractivity (Wildman–Crippen MR) is 87.4 cm³/mol. The lowest BCUT2D eigenvalue weighted by Gasteiger charge is -2.22. The molecule has 5 heteroatoms. The van der Waals surface area contributed by atoms with Gasteiger partial charge >= 0.3 is 0 Å². The molecule has 0 radical (unpaired) electrons. The van der Waals surface area contributed by atoms with E-state index in [1.54, 1.807) is 0 Å². The van der Waals surface area contributed by atoms with E-state index in [0.29, 0.717) is 17.0 Å². The lowest BCUT2D eigenvalue weighted by Crippen LogP contribution is -2.27. The second-order valence-corrected chi connectivity index (χ2v) is 6.74. The summed E-state index contributed by atoms with van der Waals surface area (Å²) >= 11 is 2.00. The molecule has 1 aliphatic rings. The summed E-state index contributed by atoms with van der Waals surface area (Å²) in [5, 5.41) is 22.7. The summed E-state index contributed by atoms with van der Waals surface area (Å²) in [4.78, 5) is 0. The number of nitrogens with zero attached hydrogens (tertiary/aromatic N) is 3. The largest absolute Gasteiger partial charge is 0.378 e. The number of benzene rings is 1. The van der Waals surface area contributed by atoms with E-state index in [2.05, 4.69) is 28.5 Å². The molecule has 0 saturated heterocycles. The fraction of sp³-hybridized carbons (Fsp3) is 0.438. The van der Waals surface area contributed by atoms with E-state index in [1.165, 1.54) is 12.8 Å². The third-order valence-corrected chi connectivity index (χ3v) is 5.26. The molecule has 1 heterocycles. The highest BCUT2D eigenvalue weighted by Gasteiger charge is 2.28. The summed E-state index contributed by atoms with van der Waals surface area (Å²) in [6.07, 6.45) is 3.64. The molecule has 0 spiro atoms. The van der Waals surface area contributed by atoms with Crippen LogP contribution < -0.4 is 5.32 Å². The number of thioether (sulfide) groups is 1. The third-order valence-electron chi connectivity index (χ3n) is 3.94. The number of aromatic nitrogens is 2. The van der Waals surface area contributed by atoms with Gasteiger partial charge in [-0.05, 0) is 24.7 Å². The number of anilines is 1. The van der Waals surface area contributed by atoms with Gasteiger partial charge in [-0.3, -0.25) is 0 Å². The van der Waals surface area contributed by atoms with Crippen LogP contribution in [0.3, 0.4) is 0 Å². The van der Waals surface area contributed by atoms with Crippen molar-refractivity contribution in [1.82, 2.24) is 10.2 Å².